The van der Waals surface area contributed by atoms with Crippen molar-refractivity contribution in [2.24, 2.45) is 0 Å². The first kappa shape index (κ1) is 23.1. The summed E-state index contributed by atoms with van der Waals surface area (Å²) in [6, 6.07) is 7.23. The molecule has 3 rings (SSSR count). The number of piperidine rings is 1. The average Bonchev–Trinajstić information content (AvgIpc) is 2.76. The molecule has 0 spiro atoms. The number of halogens is 2. The van der Waals surface area contributed by atoms with Gasteiger partial charge in [-0.05, 0) is 55.7 Å². The zero-order valence-corrected chi connectivity index (χ0v) is 18.5. The predicted molar refractivity (Wildman–Crippen MR) is 117 cm³/mol. The van der Waals surface area contributed by atoms with E-state index in [9.17, 15) is 22.0 Å². The smallest absolute Gasteiger partial charge is 0.258 e. The molecule has 31 heavy (non-hydrogen) atoms. The molecule has 1 saturated heterocycles. The summed E-state index contributed by atoms with van der Waals surface area (Å²) >= 11 is 0. The standard InChI is InChI=1S/C22H27F2N3O3S/c1-3-27(4-2)31(29,30)17-9-11-21(26-12-6-5-7-13-26)20(15-17)25-22(28)18-14-16(23)8-10-19(18)24/h8-11,14-15H,3-7,12-13H2,1-2H3,(H,25,28). The largest absolute Gasteiger partial charge is 0.370 e. The minimum atomic E-state index is -3.76. The van der Waals surface area contributed by atoms with E-state index in [4.69, 9.17) is 0 Å². The highest BCUT2D eigenvalue weighted by atomic mass is 32.2. The summed E-state index contributed by atoms with van der Waals surface area (Å²) in [4.78, 5) is 14.8. The zero-order chi connectivity index (χ0) is 22.6. The Morgan fingerprint density at radius 1 is 1.03 bits per heavy atom. The molecule has 0 unspecified atom stereocenters. The van der Waals surface area contributed by atoms with Crippen LogP contribution in [0.25, 0.3) is 0 Å². The maximum absolute atomic E-state index is 14.1. The molecule has 1 amide bonds. The number of carbonyl (C=O) groups is 1. The molecule has 1 N–H and O–H groups in total. The van der Waals surface area contributed by atoms with Gasteiger partial charge >= 0.3 is 0 Å². The number of nitrogens with one attached hydrogen (secondary N) is 1. The van der Waals surface area contributed by atoms with Crippen molar-refractivity contribution < 1.29 is 22.0 Å². The second kappa shape index (κ2) is 9.74. The summed E-state index contributed by atoms with van der Waals surface area (Å²) in [7, 11) is -3.76. The van der Waals surface area contributed by atoms with E-state index in [-0.39, 0.29) is 10.6 Å². The van der Waals surface area contributed by atoms with Gasteiger partial charge in [-0.1, -0.05) is 13.8 Å². The lowest BCUT2D eigenvalue weighted by Crippen LogP contribution is -2.32. The normalized spacial score (nSPS) is 14.7. The van der Waals surface area contributed by atoms with Crippen LogP contribution in [0.1, 0.15) is 43.5 Å². The highest BCUT2D eigenvalue weighted by Crippen LogP contribution is 2.32. The van der Waals surface area contributed by atoms with Crippen LogP contribution in [-0.2, 0) is 10.0 Å². The van der Waals surface area contributed by atoms with Gasteiger partial charge in [-0.2, -0.15) is 4.31 Å². The fourth-order valence-corrected chi connectivity index (χ4v) is 5.24. The van der Waals surface area contributed by atoms with E-state index in [0.29, 0.717) is 18.8 Å². The van der Waals surface area contributed by atoms with Crippen molar-refractivity contribution in [2.75, 3.05) is 36.4 Å². The van der Waals surface area contributed by atoms with Crippen LogP contribution in [0.5, 0.6) is 0 Å². The van der Waals surface area contributed by atoms with Crippen LogP contribution in [0.3, 0.4) is 0 Å². The van der Waals surface area contributed by atoms with Crippen molar-refractivity contribution in [3.05, 3.63) is 53.6 Å². The number of carbonyl (C=O) groups excluding carboxylic acids is 1. The van der Waals surface area contributed by atoms with Crippen LogP contribution in [0.2, 0.25) is 0 Å². The number of nitrogens with zero attached hydrogens (tertiary/aromatic N) is 2. The molecule has 9 heteroatoms. The molecular weight excluding hydrogens is 424 g/mol. The second-order valence-electron chi connectivity index (χ2n) is 7.39. The lowest BCUT2D eigenvalue weighted by atomic mass is 10.1. The van der Waals surface area contributed by atoms with Crippen LogP contribution in [0.15, 0.2) is 41.3 Å². The molecule has 0 aromatic heterocycles. The number of anilines is 2. The third kappa shape index (κ3) is 5.04. The zero-order valence-electron chi connectivity index (χ0n) is 17.7. The molecule has 0 atom stereocenters. The van der Waals surface area contributed by atoms with Crippen LogP contribution in [0, 0.1) is 11.6 Å². The molecule has 1 aliphatic heterocycles. The quantitative estimate of drug-likeness (QED) is 0.684. The fraction of sp³-hybridized carbons (Fsp3) is 0.409. The topological polar surface area (TPSA) is 69.7 Å². The van der Waals surface area contributed by atoms with E-state index < -0.39 is 33.1 Å². The predicted octanol–water partition coefficient (Wildman–Crippen LogP) is 4.24. The summed E-state index contributed by atoms with van der Waals surface area (Å²) in [6.07, 6.45) is 3.05. The van der Waals surface area contributed by atoms with E-state index in [1.807, 2.05) is 0 Å². The molecule has 168 valence electrons. The summed E-state index contributed by atoms with van der Waals surface area (Å²) in [5.41, 5.74) is 0.466. The van der Waals surface area contributed by atoms with Gasteiger partial charge in [0.05, 0.1) is 21.8 Å². The molecule has 2 aromatic rings. The Morgan fingerprint density at radius 3 is 2.35 bits per heavy atom. The molecule has 1 heterocycles. The molecule has 0 aliphatic carbocycles. The lowest BCUT2D eigenvalue weighted by Gasteiger charge is -2.31. The van der Waals surface area contributed by atoms with E-state index in [2.05, 4.69) is 10.2 Å². The van der Waals surface area contributed by atoms with Crippen molar-refractivity contribution in [3.63, 3.8) is 0 Å². The Morgan fingerprint density at radius 2 is 1.71 bits per heavy atom. The minimum absolute atomic E-state index is 0.0342. The van der Waals surface area contributed by atoms with Gasteiger partial charge in [-0.15, -0.1) is 0 Å². The number of amides is 1. The van der Waals surface area contributed by atoms with Crippen LogP contribution in [0.4, 0.5) is 20.2 Å². The van der Waals surface area contributed by atoms with Gasteiger partial charge in [0.25, 0.3) is 5.91 Å². The highest BCUT2D eigenvalue weighted by molar-refractivity contribution is 7.89. The minimum Gasteiger partial charge on any atom is -0.370 e. The van der Waals surface area contributed by atoms with Gasteiger partial charge in [-0.25, -0.2) is 17.2 Å². The van der Waals surface area contributed by atoms with Gasteiger partial charge < -0.3 is 10.2 Å². The summed E-state index contributed by atoms with van der Waals surface area (Å²) < 4.78 is 54.9. The fourth-order valence-electron chi connectivity index (χ4n) is 3.76. The third-order valence-corrected chi connectivity index (χ3v) is 7.48. The van der Waals surface area contributed by atoms with E-state index in [1.54, 1.807) is 19.9 Å². The lowest BCUT2D eigenvalue weighted by molar-refractivity contribution is 0.102. The SMILES string of the molecule is CCN(CC)S(=O)(=O)c1ccc(N2CCCCC2)c(NC(=O)c2cc(F)ccc2F)c1. The molecule has 0 radical (unpaired) electrons. The Kier molecular flexibility index (Phi) is 7.27. The van der Waals surface area contributed by atoms with Crippen molar-refractivity contribution in [1.29, 1.82) is 0 Å². The third-order valence-electron chi connectivity index (χ3n) is 5.43. The van der Waals surface area contributed by atoms with Gasteiger partial charge in [0, 0.05) is 26.2 Å². The van der Waals surface area contributed by atoms with E-state index >= 15 is 0 Å². The maximum atomic E-state index is 14.1. The maximum Gasteiger partial charge on any atom is 0.258 e. The molecule has 0 bridgehead atoms. The summed E-state index contributed by atoms with van der Waals surface area (Å²) in [5, 5.41) is 2.61. The first-order valence-electron chi connectivity index (χ1n) is 10.4. The Bertz CT molecular complexity index is 1050. The molecule has 6 nitrogen and oxygen atoms in total. The summed E-state index contributed by atoms with van der Waals surface area (Å²) in [6.45, 7) is 5.64. The average molecular weight is 452 g/mol. The number of hydrogen-bond acceptors (Lipinski definition) is 4. The van der Waals surface area contributed by atoms with E-state index in [1.165, 1.54) is 16.4 Å². The Hall–Kier alpha value is -2.52. The number of benzene rings is 2. The Labute approximate surface area is 181 Å². The van der Waals surface area contributed by atoms with Gasteiger partial charge in [0.2, 0.25) is 10.0 Å². The number of hydrogen-bond donors (Lipinski definition) is 1. The van der Waals surface area contributed by atoms with Gasteiger partial charge in [-0.3, -0.25) is 4.79 Å². The van der Waals surface area contributed by atoms with E-state index in [0.717, 1.165) is 50.6 Å². The second-order valence-corrected chi connectivity index (χ2v) is 9.33. The first-order chi connectivity index (χ1) is 14.8. The van der Waals surface area contributed by atoms with Crippen molar-refractivity contribution in [3.8, 4) is 0 Å². The molecule has 1 fully saturated rings. The van der Waals surface area contributed by atoms with Crippen LogP contribution in [-0.4, -0.2) is 44.8 Å². The van der Waals surface area contributed by atoms with Crippen molar-refractivity contribution >= 4 is 27.3 Å². The van der Waals surface area contributed by atoms with Crippen molar-refractivity contribution in [1.82, 2.24) is 4.31 Å². The van der Waals surface area contributed by atoms with Crippen LogP contribution < -0.4 is 10.2 Å². The van der Waals surface area contributed by atoms with Gasteiger partial charge in [0.1, 0.15) is 11.6 Å². The highest BCUT2D eigenvalue weighted by Gasteiger charge is 2.25. The van der Waals surface area contributed by atoms with Crippen LogP contribution >= 0.6 is 0 Å². The van der Waals surface area contributed by atoms with Gasteiger partial charge in [0.15, 0.2) is 0 Å². The molecule has 0 saturated carbocycles. The number of sulfonamides is 1. The summed E-state index contributed by atoms with van der Waals surface area (Å²) in [5.74, 6) is -2.43. The first-order valence-corrected chi connectivity index (χ1v) is 11.9. The number of rotatable bonds is 7. The molecule has 2 aromatic carbocycles. The molecule has 1 aliphatic rings. The monoisotopic (exact) mass is 451 g/mol. The van der Waals surface area contributed by atoms with Crippen molar-refractivity contribution in [2.45, 2.75) is 38.0 Å². The Balaban J connectivity index is 2.03. The molecular formula is C22H27F2N3O3S.